The topological polar surface area (TPSA) is 71.9 Å². The molecule has 0 spiro atoms. The van der Waals surface area contributed by atoms with Gasteiger partial charge in [-0.2, -0.15) is 0 Å². The van der Waals surface area contributed by atoms with Gasteiger partial charge in [-0.1, -0.05) is 12.1 Å². The zero-order chi connectivity index (χ0) is 19.6. The van der Waals surface area contributed by atoms with E-state index < -0.39 is 6.10 Å². The van der Waals surface area contributed by atoms with Crippen molar-refractivity contribution < 1.29 is 19.4 Å². The molecule has 27 heavy (non-hydrogen) atoms. The fourth-order valence-corrected chi connectivity index (χ4v) is 3.65. The molecule has 7 heteroatoms. The van der Waals surface area contributed by atoms with Crippen LogP contribution >= 0.6 is 11.3 Å². The van der Waals surface area contributed by atoms with Crippen LogP contribution in [0.3, 0.4) is 0 Å². The number of aromatic nitrogens is 1. The average Bonchev–Trinajstić information content (AvgIpc) is 3.03. The van der Waals surface area contributed by atoms with Crippen LogP contribution in [0.2, 0.25) is 0 Å². The molecule has 0 bridgehead atoms. The molecule has 2 rings (SSSR count). The first-order valence-corrected chi connectivity index (χ1v) is 10.2. The highest BCUT2D eigenvalue weighted by atomic mass is 32.1. The minimum absolute atomic E-state index is 0.0262. The number of hydrogen-bond donors (Lipinski definition) is 1. The van der Waals surface area contributed by atoms with E-state index in [9.17, 15) is 9.90 Å². The number of ether oxygens (including phenoxy) is 2. The number of benzene rings is 1. The second-order valence-electron chi connectivity index (χ2n) is 6.85. The Hall–Kier alpha value is -1.54. The Labute approximate surface area is 165 Å². The number of aliphatic hydroxyl groups excluding tert-OH is 1. The summed E-state index contributed by atoms with van der Waals surface area (Å²) >= 11 is 1.68. The zero-order valence-electron chi connectivity index (χ0n) is 16.4. The van der Waals surface area contributed by atoms with E-state index in [0.29, 0.717) is 19.6 Å². The Morgan fingerprint density at radius 3 is 2.81 bits per heavy atom. The number of aliphatic hydroxyl groups is 1. The smallest absolute Gasteiger partial charge is 0.222 e. The summed E-state index contributed by atoms with van der Waals surface area (Å²) in [6.07, 6.45) is 1.47. The summed E-state index contributed by atoms with van der Waals surface area (Å²) in [5, 5.41) is 11.1. The lowest BCUT2D eigenvalue weighted by molar-refractivity contribution is -0.131. The van der Waals surface area contributed by atoms with E-state index in [1.54, 1.807) is 23.3 Å². The summed E-state index contributed by atoms with van der Waals surface area (Å²) in [5.74, 6) is 0.0262. The van der Waals surface area contributed by atoms with Crippen molar-refractivity contribution >= 4 is 27.5 Å². The summed E-state index contributed by atoms with van der Waals surface area (Å²) in [4.78, 5) is 18.4. The van der Waals surface area contributed by atoms with Crippen molar-refractivity contribution in [3.63, 3.8) is 0 Å². The van der Waals surface area contributed by atoms with Gasteiger partial charge < -0.3 is 19.5 Å². The lowest BCUT2D eigenvalue weighted by Crippen LogP contribution is -2.36. The van der Waals surface area contributed by atoms with Crippen molar-refractivity contribution in [2.24, 2.45) is 0 Å². The maximum atomic E-state index is 12.2. The monoisotopic (exact) mass is 394 g/mol. The van der Waals surface area contributed by atoms with Crippen LogP contribution in [-0.2, 0) is 20.7 Å². The van der Waals surface area contributed by atoms with E-state index in [1.807, 2.05) is 32.0 Å². The largest absolute Gasteiger partial charge is 0.389 e. The second-order valence-corrected chi connectivity index (χ2v) is 7.97. The van der Waals surface area contributed by atoms with Gasteiger partial charge in [-0.25, -0.2) is 4.98 Å². The van der Waals surface area contributed by atoms with Crippen molar-refractivity contribution in [1.82, 2.24) is 9.88 Å². The Morgan fingerprint density at radius 1 is 1.30 bits per heavy atom. The number of fused-ring (bicyclic) bond motifs is 1. The summed E-state index contributed by atoms with van der Waals surface area (Å²) in [5.41, 5.74) is 1.02. The van der Waals surface area contributed by atoms with Gasteiger partial charge in [-0.15, -0.1) is 11.3 Å². The van der Waals surface area contributed by atoms with E-state index in [0.717, 1.165) is 23.4 Å². The fourth-order valence-electron chi connectivity index (χ4n) is 2.64. The quantitative estimate of drug-likeness (QED) is 0.561. The third kappa shape index (κ3) is 7.92. The first-order valence-electron chi connectivity index (χ1n) is 9.41. The van der Waals surface area contributed by atoms with Crippen molar-refractivity contribution in [3.05, 3.63) is 29.3 Å². The molecule has 0 saturated carbocycles. The van der Waals surface area contributed by atoms with Crippen molar-refractivity contribution in [2.45, 2.75) is 45.3 Å². The number of likely N-dealkylation sites (N-methyl/N-ethyl adjacent to an activating group) is 1. The highest BCUT2D eigenvalue weighted by Crippen LogP contribution is 2.22. The lowest BCUT2D eigenvalue weighted by atomic mass is 10.2. The standard InChI is InChI=1S/C20H30N2O4S/c1-15(2)26-12-11-25-14-16(23)13-22(3)20(24)10-6-9-19-21-17-7-4-5-8-18(17)27-19/h4-5,7-8,15-16,23H,6,9-14H2,1-3H3/t16-/m1/s1. The van der Waals surface area contributed by atoms with Crippen molar-refractivity contribution in [2.75, 3.05) is 33.4 Å². The van der Waals surface area contributed by atoms with Crippen molar-refractivity contribution in [1.29, 1.82) is 0 Å². The van der Waals surface area contributed by atoms with Crippen LogP contribution in [0, 0.1) is 0 Å². The van der Waals surface area contributed by atoms with Gasteiger partial charge in [-0.3, -0.25) is 4.79 Å². The molecule has 0 aliphatic heterocycles. The first kappa shape index (κ1) is 21.8. The Balaban J connectivity index is 1.61. The third-order valence-corrected chi connectivity index (χ3v) is 5.12. The van der Waals surface area contributed by atoms with Gasteiger partial charge in [0.15, 0.2) is 0 Å². The molecular weight excluding hydrogens is 364 g/mol. The van der Waals surface area contributed by atoms with Crippen LogP contribution in [0.1, 0.15) is 31.7 Å². The number of hydrogen-bond acceptors (Lipinski definition) is 6. The number of nitrogens with zero attached hydrogens (tertiary/aromatic N) is 2. The summed E-state index contributed by atoms with van der Waals surface area (Å²) < 4.78 is 11.9. The Kier molecular flexibility index (Phi) is 9.14. The molecule has 0 unspecified atom stereocenters. The molecular formula is C20H30N2O4S. The number of amides is 1. The molecule has 150 valence electrons. The molecule has 0 aliphatic carbocycles. The Bertz CT molecular complexity index is 671. The number of carbonyl (C=O) groups is 1. The minimum atomic E-state index is -0.692. The maximum absolute atomic E-state index is 12.2. The molecule has 1 amide bonds. The van der Waals surface area contributed by atoms with Crippen LogP contribution in [0.4, 0.5) is 0 Å². The van der Waals surface area contributed by atoms with E-state index in [1.165, 1.54) is 4.70 Å². The summed E-state index contributed by atoms with van der Waals surface area (Å²) in [7, 11) is 1.71. The lowest BCUT2D eigenvalue weighted by Gasteiger charge is -2.21. The van der Waals surface area contributed by atoms with Crippen LogP contribution in [-0.4, -0.2) is 66.5 Å². The molecule has 0 radical (unpaired) electrons. The van der Waals surface area contributed by atoms with E-state index in [-0.39, 0.29) is 25.2 Å². The normalized spacial score (nSPS) is 12.6. The SMILES string of the molecule is CC(C)OCCOC[C@H](O)CN(C)C(=O)CCCc1nc2ccccc2s1. The minimum Gasteiger partial charge on any atom is -0.389 e. The molecule has 1 aromatic heterocycles. The number of para-hydroxylation sites is 1. The van der Waals surface area contributed by atoms with Gasteiger partial charge in [0.2, 0.25) is 5.91 Å². The zero-order valence-corrected chi connectivity index (χ0v) is 17.2. The highest BCUT2D eigenvalue weighted by Gasteiger charge is 2.14. The molecule has 1 aromatic carbocycles. The number of aryl methyl sites for hydroxylation is 1. The van der Waals surface area contributed by atoms with Gasteiger partial charge in [0.1, 0.15) is 0 Å². The molecule has 0 fully saturated rings. The van der Waals surface area contributed by atoms with Gasteiger partial charge in [0.25, 0.3) is 0 Å². The van der Waals surface area contributed by atoms with Crippen LogP contribution in [0.5, 0.6) is 0 Å². The third-order valence-electron chi connectivity index (χ3n) is 4.02. The van der Waals surface area contributed by atoms with Gasteiger partial charge in [0.05, 0.1) is 47.3 Å². The predicted molar refractivity (Wildman–Crippen MR) is 108 cm³/mol. The predicted octanol–water partition coefficient (Wildman–Crippen LogP) is 2.88. The van der Waals surface area contributed by atoms with Gasteiger partial charge in [-0.05, 0) is 38.8 Å². The van der Waals surface area contributed by atoms with E-state index in [4.69, 9.17) is 9.47 Å². The van der Waals surface area contributed by atoms with Gasteiger partial charge in [0, 0.05) is 20.0 Å². The van der Waals surface area contributed by atoms with Crippen LogP contribution < -0.4 is 0 Å². The average molecular weight is 395 g/mol. The van der Waals surface area contributed by atoms with E-state index in [2.05, 4.69) is 11.1 Å². The number of carbonyl (C=O) groups excluding carboxylic acids is 1. The molecule has 2 aromatic rings. The molecule has 1 heterocycles. The van der Waals surface area contributed by atoms with E-state index >= 15 is 0 Å². The second kappa shape index (κ2) is 11.3. The highest BCUT2D eigenvalue weighted by molar-refractivity contribution is 7.18. The fraction of sp³-hybridized carbons (Fsp3) is 0.600. The number of rotatable bonds is 12. The number of thiazole rings is 1. The molecule has 1 atom stereocenters. The maximum Gasteiger partial charge on any atom is 0.222 e. The molecule has 6 nitrogen and oxygen atoms in total. The first-order chi connectivity index (χ1) is 13.0. The van der Waals surface area contributed by atoms with Gasteiger partial charge >= 0.3 is 0 Å². The van der Waals surface area contributed by atoms with Crippen LogP contribution in [0.25, 0.3) is 10.2 Å². The molecule has 0 saturated heterocycles. The van der Waals surface area contributed by atoms with Crippen molar-refractivity contribution in [3.8, 4) is 0 Å². The Morgan fingerprint density at radius 2 is 2.07 bits per heavy atom. The summed E-state index contributed by atoms with van der Waals surface area (Å²) in [6, 6.07) is 8.06. The molecule has 1 N–H and O–H groups in total. The summed E-state index contributed by atoms with van der Waals surface area (Å²) in [6.45, 7) is 5.34. The van der Waals surface area contributed by atoms with Crippen LogP contribution in [0.15, 0.2) is 24.3 Å². The molecule has 0 aliphatic rings.